The van der Waals surface area contributed by atoms with E-state index < -0.39 is 6.10 Å². The SMILES string of the molecule is COc1cccc(CNCc2ccc(OC)c(OC[C@H](O)CN(C)Cc3ccccc3)c2)c1. The summed E-state index contributed by atoms with van der Waals surface area (Å²) in [5, 5.41) is 13.9. The second kappa shape index (κ2) is 12.8. The molecule has 33 heavy (non-hydrogen) atoms. The lowest BCUT2D eigenvalue weighted by molar-refractivity contribution is 0.0732. The fourth-order valence-electron chi connectivity index (χ4n) is 3.64. The van der Waals surface area contributed by atoms with E-state index in [-0.39, 0.29) is 6.61 Å². The average molecular weight is 451 g/mol. The Balaban J connectivity index is 1.50. The summed E-state index contributed by atoms with van der Waals surface area (Å²) in [6, 6.07) is 24.1. The Kier molecular flexibility index (Phi) is 9.57. The van der Waals surface area contributed by atoms with Crippen molar-refractivity contribution in [3.8, 4) is 17.2 Å². The van der Waals surface area contributed by atoms with Crippen LogP contribution >= 0.6 is 0 Å². The molecule has 3 aromatic rings. The molecule has 1 atom stereocenters. The van der Waals surface area contributed by atoms with Gasteiger partial charge in [0.2, 0.25) is 0 Å². The van der Waals surface area contributed by atoms with Gasteiger partial charge in [-0.2, -0.15) is 0 Å². The molecule has 0 spiro atoms. The van der Waals surface area contributed by atoms with Gasteiger partial charge in [0.1, 0.15) is 18.5 Å². The summed E-state index contributed by atoms with van der Waals surface area (Å²) in [5.41, 5.74) is 3.44. The predicted octanol–water partition coefficient (Wildman–Crippen LogP) is 3.87. The highest BCUT2D eigenvalue weighted by atomic mass is 16.5. The molecule has 176 valence electrons. The topological polar surface area (TPSA) is 63.2 Å². The summed E-state index contributed by atoms with van der Waals surface area (Å²) >= 11 is 0. The van der Waals surface area contributed by atoms with E-state index >= 15 is 0 Å². The standard InChI is InChI=1S/C27H34N2O4/c1-29(18-21-8-5-4-6-9-21)19-24(30)20-33-27-15-23(12-13-26(27)32-3)17-28-16-22-10-7-11-25(14-22)31-2/h4-15,24,28,30H,16-20H2,1-3H3/t24-/m1/s1. The molecule has 0 saturated heterocycles. The molecule has 0 heterocycles. The summed E-state index contributed by atoms with van der Waals surface area (Å²) in [5.74, 6) is 2.13. The smallest absolute Gasteiger partial charge is 0.161 e. The molecule has 0 bridgehead atoms. The van der Waals surface area contributed by atoms with Crippen LogP contribution in [0.2, 0.25) is 0 Å². The fraction of sp³-hybridized carbons (Fsp3) is 0.333. The monoisotopic (exact) mass is 450 g/mol. The number of aliphatic hydroxyl groups is 1. The minimum atomic E-state index is -0.613. The van der Waals surface area contributed by atoms with E-state index in [1.54, 1.807) is 14.2 Å². The number of nitrogens with one attached hydrogen (secondary N) is 1. The maximum Gasteiger partial charge on any atom is 0.161 e. The normalized spacial score (nSPS) is 11.9. The quantitative estimate of drug-likeness (QED) is 0.412. The van der Waals surface area contributed by atoms with Crippen molar-refractivity contribution in [2.24, 2.45) is 0 Å². The van der Waals surface area contributed by atoms with Gasteiger partial charge in [-0.25, -0.2) is 0 Å². The lowest BCUT2D eigenvalue weighted by Crippen LogP contribution is -2.32. The number of aliphatic hydroxyl groups excluding tert-OH is 1. The molecule has 0 fully saturated rings. The largest absolute Gasteiger partial charge is 0.497 e. The summed E-state index contributed by atoms with van der Waals surface area (Å²) in [6.45, 7) is 2.89. The van der Waals surface area contributed by atoms with Crippen LogP contribution in [0.5, 0.6) is 17.2 Å². The molecule has 0 saturated carbocycles. The Morgan fingerprint density at radius 2 is 1.55 bits per heavy atom. The van der Waals surface area contributed by atoms with Gasteiger partial charge in [0.05, 0.1) is 14.2 Å². The van der Waals surface area contributed by atoms with E-state index in [1.165, 1.54) is 5.56 Å². The van der Waals surface area contributed by atoms with Crippen LogP contribution in [0, 0.1) is 0 Å². The van der Waals surface area contributed by atoms with Crippen LogP contribution in [0.25, 0.3) is 0 Å². The fourth-order valence-corrected chi connectivity index (χ4v) is 3.64. The van der Waals surface area contributed by atoms with Gasteiger partial charge in [0, 0.05) is 26.2 Å². The van der Waals surface area contributed by atoms with Gasteiger partial charge in [-0.05, 0) is 48.0 Å². The highest BCUT2D eigenvalue weighted by molar-refractivity contribution is 5.43. The van der Waals surface area contributed by atoms with Crippen molar-refractivity contribution >= 4 is 0 Å². The minimum absolute atomic E-state index is 0.191. The van der Waals surface area contributed by atoms with Crippen molar-refractivity contribution in [3.63, 3.8) is 0 Å². The zero-order valence-electron chi connectivity index (χ0n) is 19.7. The zero-order chi connectivity index (χ0) is 23.5. The van der Waals surface area contributed by atoms with Crippen LogP contribution in [0.1, 0.15) is 16.7 Å². The molecule has 6 nitrogen and oxygen atoms in total. The minimum Gasteiger partial charge on any atom is -0.497 e. The first kappa shape index (κ1) is 24.6. The molecule has 3 rings (SSSR count). The molecule has 0 amide bonds. The van der Waals surface area contributed by atoms with Gasteiger partial charge >= 0.3 is 0 Å². The average Bonchev–Trinajstić information content (AvgIpc) is 2.83. The highest BCUT2D eigenvalue weighted by Crippen LogP contribution is 2.28. The molecule has 0 radical (unpaired) electrons. The van der Waals surface area contributed by atoms with Crippen molar-refractivity contribution in [2.45, 2.75) is 25.7 Å². The maximum atomic E-state index is 10.5. The third-order valence-electron chi connectivity index (χ3n) is 5.27. The number of hydrogen-bond donors (Lipinski definition) is 2. The van der Waals surface area contributed by atoms with E-state index in [0.717, 1.165) is 30.0 Å². The summed E-state index contributed by atoms with van der Waals surface area (Å²) < 4.78 is 16.6. The van der Waals surface area contributed by atoms with Gasteiger partial charge in [-0.15, -0.1) is 0 Å². The van der Waals surface area contributed by atoms with Crippen LogP contribution in [0.15, 0.2) is 72.8 Å². The van der Waals surface area contributed by atoms with Crippen molar-refractivity contribution in [1.82, 2.24) is 10.2 Å². The predicted molar refractivity (Wildman–Crippen MR) is 131 cm³/mol. The molecule has 6 heteroatoms. The highest BCUT2D eigenvalue weighted by Gasteiger charge is 2.12. The van der Waals surface area contributed by atoms with E-state index in [2.05, 4.69) is 28.4 Å². The van der Waals surface area contributed by atoms with Crippen molar-refractivity contribution in [1.29, 1.82) is 0 Å². The van der Waals surface area contributed by atoms with Crippen molar-refractivity contribution < 1.29 is 19.3 Å². The molecule has 3 aromatic carbocycles. The van der Waals surface area contributed by atoms with Crippen LogP contribution in [-0.4, -0.2) is 50.5 Å². The Bertz CT molecular complexity index is 981. The Labute approximate surface area is 196 Å². The number of likely N-dealkylation sites (N-methyl/N-ethyl adjacent to an activating group) is 1. The van der Waals surface area contributed by atoms with Crippen LogP contribution in [0.4, 0.5) is 0 Å². The number of nitrogens with zero attached hydrogens (tertiary/aromatic N) is 1. The lowest BCUT2D eigenvalue weighted by atomic mass is 10.1. The lowest BCUT2D eigenvalue weighted by Gasteiger charge is -2.21. The van der Waals surface area contributed by atoms with E-state index in [1.807, 2.05) is 61.6 Å². The van der Waals surface area contributed by atoms with Crippen LogP contribution in [-0.2, 0) is 19.6 Å². The first-order valence-electron chi connectivity index (χ1n) is 11.1. The number of hydrogen-bond acceptors (Lipinski definition) is 6. The van der Waals surface area contributed by atoms with Gasteiger partial charge in [-0.3, -0.25) is 4.90 Å². The zero-order valence-corrected chi connectivity index (χ0v) is 19.7. The molecule has 0 aliphatic carbocycles. The second-order valence-corrected chi connectivity index (χ2v) is 8.09. The molecule has 0 aliphatic rings. The number of ether oxygens (including phenoxy) is 3. The Morgan fingerprint density at radius 3 is 2.27 bits per heavy atom. The van der Waals surface area contributed by atoms with Gasteiger partial charge in [-0.1, -0.05) is 48.5 Å². The molecular formula is C27H34N2O4. The molecular weight excluding hydrogens is 416 g/mol. The molecule has 0 aliphatic heterocycles. The maximum absolute atomic E-state index is 10.5. The Morgan fingerprint density at radius 1 is 0.818 bits per heavy atom. The van der Waals surface area contributed by atoms with E-state index in [9.17, 15) is 5.11 Å². The van der Waals surface area contributed by atoms with Gasteiger partial charge in [0.25, 0.3) is 0 Å². The third kappa shape index (κ3) is 8.09. The summed E-state index contributed by atoms with van der Waals surface area (Å²) in [6.07, 6.45) is -0.613. The molecule has 0 aromatic heterocycles. The van der Waals surface area contributed by atoms with Crippen LogP contribution < -0.4 is 19.5 Å². The number of benzene rings is 3. The first-order valence-corrected chi connectivity index (χ1v) is 11.1. The Hall–Kier alpha value is -3.06. The summed E-state index contributed by atoms with van der Waals surface area (Å²) in [4.78, 5) is 2.08. The molecule has 2 N–H and O–H groups in total. The first-order chi connectivity index (χ1) is 16.1. The second-order valence-electron chi connectivity index (χ2n) is 8.09. The van der Waals surface area contributed by atoms with Crippen molar-refractivity contribution in [2.75, 3.05) is 34.4 Å². The van der Waals surface area contributed by atoms with E-state index in [0.29, 0.717) is 24.6 Å². The summed E-state index contributed by atoms with van der Waals surface area (Å²) in [7, 11) is 5.28. The molecule has 0 unspecified atom stereocenters. The van der Waals surface area contributed by atoms with E-state index in [4.69, 9.17) is 14.2 Å². The van der Waals surface area contributed by atoms with Gasteiger partial charge in [0.15, 0.2) is 11.5 Å². The third-order valence-corrected chi connectivity index (χ3v) is 5.27. The number of methoxy groups -OCH3 is 2. The number of rotatable bonds is 13. The van der Waals surface area contributed by atoms with Crippen molar-refractivity contribution in [3.05, 3.63) is 89.5 Å². The van der Waals surface area contributed by atoms with Crippen LogP contribution in [0.3, 0.4) is 0 Å². The van der Waals surface area contributed by atoms with Gasteiger partial charge < -0.3 is 24.6 Å².